The van der Waals surface area contributed by atoms with Gasteiger partial charge in [-0.25, -0.2) is 9.37 Å². The first-order valence-electron chi connectivity index (χ1n) is 5.34. The molecule has 2 aromatic rings. The second kappa shape index (κ2) is 6.02. The van der Waals surface area contributed by atoms with Gasteiger partial charge in [-0.05, 0) is 12.1 Å². The molecule has 0 saturated heterocycles. The molecule has 0 amide bonds. The van der Waals surface area contributed by atoms with Gasteiger partial charge in [0.15, 0.2) is 5.75 Å². The molecular formula is C12H7Cl2FN2O3. The fraction of sp³-hybridized carbons (Fsp3) is 0.0833. The first-order valence-corrected chi connectivity index (χ1v) is 6.09. The van der Waals surface area contributed by atoms with Gasteiger partial charge in [0.25, 0.3) is 0 Å². The number of hydrogen-bond acceptors (Lipinski definition) is 4. The Morgan fingerprint density at radius 3 is 2.75 bits per heavy atom. The molecule has 0 unspecified atom stereocenters. The Bertz CT molecular complexity index is 667. The normalized spacial score (nSPS) is 10.3. The molecule has 1 aromatic heterocycles. The van der Waals surface area contributed by atoms with E-state index in [-0.39, 0.29) is 23.2 Å². The number of nitro benzene ring substituents is 1. The average molecular weight is 317 g/mol. The Morgan fingerprint density at radius 1 is 1.35 bits per heavy atom. The van der Waals surface area contributed by atoms with E-state index in [0.717, 1.165) is 18.2 Å². The van der Waals surface area contributed by atoms with Crippen molar-refractivity contribution in [3.8, 4) is 5.75 Å². The van der Waals surface area contributed by atoms with Crippen molar-refractivity contribution in [2.45, 2.75) is 6.61 Å². The maximum Gasteiger partial charge on any atom is 0.311 e. The molecule has 104 valence electrons. The van der Waals surface area contributed by atoms with Crippen molar-refractivity contribution in [1.82, 2.24) is 4.98 Å². The molecule has 0 radical (unpaired) electrons. The summed E-state index contributed by atoms with van der Waals surface area (Å²) in [7, 11) is 0. The highest BCUT2D eigenvalue weighted by atomic mass is 35.5. The molecule has 8 heteroatoms. The molecule has 0 aliphatic rings. The molecular weight excluding hydrogens is 310 g/mol. The van der Waals surface area contributed by atoms with Crippen molar-refractivity contribution in [2.24, 2.45) is 0 Å². The van der Waals surface area contributed by atoms with Crippen molar-refractivity contribution >= 4 is 28.9 Å². The van der Waals surface area contributed by atoms with E-state index < -0.39 is 10.7 Å². The second-order valence-electron chi connectivity index (χ2n) is 3.76. The van der Waals surface area contributed by atoms with Crippen LogP contribution in [-0.2, 0) is 6.61 Å². The summed E-state index contributed by atoms with van der Waals surface area (Å²) in [5.41, 5.74) is 0.152. The highest BCUT2D eigenvalue weighted by Crippen LogP contribution is 2.29. The molecule has 1 aromatic carbocycles. The molecule has 2 rings (SSSR count). The van der Waals surface area contributed by atoms with Crippen LogP contribution in [0.15, 0.2) is 30.5 Å². The summed E-state index contributed by atoms with van der Waals surface area (Å²) in [5.74, 6) is -0.813. The van der Waals surface area contributed by atoms with Gasteiger partial charge in [0, 0.05) is 23.9 Å². The molecule has 0 atom stereocenters. The first-order chi connectivity index (χ1) is 9.47. The largest absolute Gasteiger partial charge is 0.482 e. The Hall–Kier alpha value is -1.92. The minimum Gasteiger partial charge on any atom is -0.482 e. The van der Waals surface area contributed by atoms with Crippen molar-refractivity contribution in [3.05, 3.63) is 62.1 Å². The van der Waals surface area contributed by atoms with E-state index >= 15 is 0 Å². The third-order valence-electron chi connectivity index (χ3n) is 2.40. The zero-order valence-electron chi connectivity index (χ0n) is 9.85. The second-order valence-corrected chi connectivity index (χ2v) is 4.55. The quantitative estimate of drug-likeness (QED) is 0.485. The molecule has 20 heavy (non-hydrogen) atoms. The van der Waals surface area contributed by atoms with E-state index in [1.807, 2.05) is 0 Å². The zero-order chi connectivity index (χ0) is 14.7. The summed E-state index contributed by atoms with van der Waals surface area (Å²) < 4.78 is 18.3. The minimum atomic E-state index is -0.656. The highest BCUT2D eigenvalue weighted by Gasteiger charge is 2.16. The van der Waals surface area contributed by atoms with Gasteiger partial charge in [0.2, 0.25) is 0 Å². The Balaban J connectivity index is 2.22. The highest BCUT2D eigenvalue weighted by molar-refractivity contribution is 6.34. The lowest BCUT2D eigenvalue weighted by atomic mass is 10.2. The van der Waals surface area contributed by atoms with Gasteiger partial charge in [0.1, 0.15) is 17.6 Å². The SMILES string of the molecule is O=[N+]([O-])c1ccc(F)cc1OCc1cnc(Cl)cc1Cl. The van der Waals surface area contributed by atoms with Crippen molar-refractivity contribution in [3.63, 3.8) is 0 Å². The number of ether oxygens (including phenoxy) is 1. The lowest BCUT2D eigenvalue weighted by molar-refractivity contribution is -0.386. The molecule has 0 N–H and O–H groups in total. The smallest absolute Gasteiger partial charge is 0.311 e. The number of nitro groups is 1. The van der Waals surface area contributed by atoms with E-state index in [9.17, 15) is 14.5 Å². The van der Waals surface area contributed by atoms with Crippen LogP contribution in [0.25, 0.3) is 0 Å². The standard InChI is InChI=1S/C12H7Cl2FN2O3/c13-9-4-12(14)16-5-7(9)6-20-11-3-8(15)1-2-10(11)17(18)19/h1-5H,6H2. The van der Waals surface area contributed by atoms with Crippen LogP contribution in [0.1, 0.15) is 5.56 Å². The van der Waals surface area contributed by atoms with E-state index in [1.54, 1.807) is 0 Å². The summed E-state index contributed by atoms with van der Waals surface area (Å²) in [6, 6.07) is 4.38. The number of nitrogens with zero attached hydrogens (tertiary/aromatic N) is 2. The van der Waals surface area contributed by atoms with Gasteiger partial charge in [-0.1, -0.05) is 23.2 Å². The maximum atomic E-state index is 13.1. The minimum absolute atomic E-state index is 0.0900. The number of pyridine rings is 1. The number of aromatic nitrogens is 1. The Morgan fingerprint density at radius 2 is 2.10 bits per heavy atom. The van der Waals surface area contributed by atoms with Crippen molar-refractivity contribution < 1.29 is 14.1 Å². The van der Waals surface area contributed by atoms with Gasteiger partial charge >= 0.3 is 5.69 Å². The van der Waals surface area contributed by atoms with Crippen LogP contribution in [0.5, 0.6) is 5.75 Å². The monoisotopic (exact) mass is 316 g/mol. The van der Waals surface area contributed by atoms with Crippen LogP contribution in [0.4, 0.5) is 10.1 Å². The zero-order valence-corrected chi connectivity index (χ0v) is 11.4. The van der Waals surface area contributed by atoms with Gasteiger partial charge in [-0.2, -0.15) is 0 Å². The van der Waals surface area contributed by atoms with Gasteiger partial charge in [-0.15, -0.1) is 0 Å². The number of hydrogen-bond donors (Lipinski definition) is 0. The number of halogens is 3. The lowest BCUT2D eigenvalue weighted by Crippen LogP contribution is -2.01. The molecule has 0 spiro atoms. The molecule has 5 nitrogen and oxygen atoms in total. The molecule has 0 aliphatic carbocycles. The molecule has 0 aliphatic heterocycles. The summed E-state index contributed by atoms with van der Waals surface area (Å²) in [4.78, 5) is 14.0. The molecule has 0 fully saturated rings. The van der Waals surface area contributed by atoms with Crippen molar-refractivity contribution in [1.29, 1.82) is 0 Å². The molecule has 0 saturated carbocycles. The van der Waals surface area contributed by atoms with Crippen LogP contribution >= 0.6 is 23.2 Å². The third kappa shape index (κ3) is 3.34. The van der Waals surface area contributed by atoms with Crippen LogP contribution in [-0.4, -0.2) is 9.91 Å². The first kappa shape index (κ1) is 14.5. The van der Waals surface area contributed by atoms with Gasteiger partial charge < -0.3 is 4.74 Å². The molecule has 1 heterocycles. The summed E-state index contributed by atoms with van der Waals surface area (Å²) in [6.45, 7) is -0.0900. The summed E-state index contributed by atoms with van der Waals surface area (Å²) >= 11 is 11.6. The fourth-order valence-electron chi connectivity index (χ4n) is 1.45. The van der Waals surface area contributed by atoms with Crippen molar-refractivity contribution in [2.75, 3.05) is 0 Å². The average Bonchev–Trinajstić information content (AvgIpc) is 2.37. The molecule has 0 bridgehead atoms. The maximum absolute atomic E-state index is 13.1. The Kier molecular flexibility index (Phi) is 4.36. The lowest BCUT2D eigenvalue weighted by Gasteiger charge is -2.08. The van der Waals surface area contributed by atoms with Gasteiger partial charge in [-0.3, -0.25) is 10.1 Å². The van der Waals surface area contributed by atoms with Crippen LogP contribution < -0.4 is 4.74 Å². The Labute approximate surface area is 123 Å². The van der Waals surface area contributed by atoms with Gasteiger partial charge in [0.05, 0.1) is 9.95 Å². The van der Waals surface area contributed by atoms with E-state index in [0.29, 0.717) is 10.6 Å². The fourth-order valence-corrected chi connectivity index (χ4v) is 1.87. The third-order valence-corrected chi connectivity index (χ3v) is 2.96. The summed E-state index contributed by atoms with van der Waals surface area (Å²) in [5, 5.41) is 11.3. The predicted molar refractivity (Wildman–Crippen MR) is 71.6 cm³/mol. The van der Waals surface area contributed by atoms with Crippen LogP contribution in [0.2, 0.25) is 10.2 Å². The van der Waals surface area contributed by atoms with E-state index in [1.165, 1.54) is 12.3 Å². The van der Waals surface area contributed by atoms with Crippen LogP contribution in [0, 0.1) is 15.9 Å². The number of benzene rings is 1. The number of rotatable bonds is 4. The predicted octanol–water partition coefficient (Wildman–Crippen LogP) is 4.01. The summed E-state index contributed by atoms with van der Waals surface area (Å²) in [6.07, 6.45) is 1.38. The van der Waals surface area contributed by atoms with Crippen LogP contribution in [0.3, 0.4) is 0 Å². The topological polar surface area (TPSA) is 65.3 Å². The van der Waals surface area contributed by atoms with E-state index in [4.69, 9.17) is 27.9 Å². The van der Waals surface area contributed by atoms with E-state index in [2.05, 4.69) is 4.98 Å².